The van der Waals surface area contributed by atoms with E-state index in [0.717, 1.165) is 24.3 Å². The van der Waals surface area contributed by atoms with Gasteiger partial charge in [0.15, 0.2) is 0 Å². The second-order valence-electron chi connectivity index (χ2n) is 7.25. The summed E-state index contributed by atoms with van der Waals surface area (Å²) in [5.74, 6) is -0.881. The van der Waals surface area contributed by atoms with Crippen LogP contribution in [0.4, 0.5) is 0 Å². The molecule has 4 aromatic rings. The number of hydrogen-bond donors (Lipinski definition) is 6. The Labute approximate surface area is 219 Å². The molecule has 0 heterocycles. The number of phenols is 2. The van der Waals surface area contributed by atoms with Gasteiger partial charge < -0.3 is 10.2 Å². The maximum atomic E-state index is 11.2. The highest BCUT2D eigenvalue weighted by Crippen LogP contribution is 2.36. The van der Waals surface area contributed by atoms with E-state index in [9.17, 15) is 35.5 Å². The van der Waals surface area contributed by atoms with Gasteiger partial charge in [0.25, 0.3) is 30.4 Å². The van der Waals surface area contributed by atoms with E-state index in [4.69, 9.17) is 18.9 Å². The first-order chi connectivity index (χ1) is 17.5. The molecule has 38 heavy (non-hydrogen) atoms. The minimum atomic E-state index is -4.58. The quantitative estimate of drug-likeness (QED) is 0.0796. The van der Waals surface area contributed by atoms with Crippen LogP contribution in [0.3, 0.4) is 0 Å². The molecular formula is C20H16O14S4. The first kappa shape index (κ1) is 29.5. The van der Waals surface area contributed by atoms with Gasteiger partial charge in [0.2, 0.25) is 0 Å². The molecule has 0 unspecified atom stereocenters. The summed E-state index contributed by atoms with van der Waals surface area (Å²) in [5, 5.41) is 31.3. The first-order valence-electron chi connectivity index (χ1n) is 9.62. The van der Waals surface area contributed by atoms with Gasteiger partial charge in [-0.3, -0.25) is 13.7 Å². The van der Waals surface area contributed by atoms with Crippen molar-refractivity contribution in [3.63, 3.8) is 0 Å². The van der Waals surface area contributed by atoms with Gasteiger partial charge in [-0.15, -0.1) is 4.33 Å². The molecule has 0 fully saturated rings. The molecule has 18 heteroatoms. The van der Waals surface area contributed by atoms with Crippen molar-refractivity contribution in [2.75, 3.05) is 0 Å². The fraction of sp³-hybridized carbons (Fsp3) is 0. The topological polar surface area (TPSA) is 242 Å². The fourth-order valence-corrected chi connectivity index (χ4v) is 5.75. The number of rotatable bonds is 6. The number of aromatic hydroxyl groups is 2. The van der Waals surface area contributed by atoms with Gasteiger partial charge in [-0.05, 0) is 47.2 Å². The largest absolute Gasteiger partial charge is 0.507 e. The van der Waals surface area contributed by atoms with Crippen molar-refractivity contribution in [1.82, 2.24) is 0 Å². The normalized spacial score (nSPS) is 12.3. The summed E-state index contributed by atoms with van der Waals surface area (Å²) in [5.41, 5.74) is 0. The highest BCUT2D eigenvalue weighted by Gasteiger charge is 2.19. The predicted molar refractivity (Wildman–Crippen MR) is 131 cm³/mol. The molecular weight excluding hydrogens is 592 g/mol. The van der Waals surface area contributed by atoms with Crippen LogP contribution in [0.5, 0.6) is 11.5 Å². The number of benzene rings is 4. The Balaban J connectivity index is 0.000000212. The summed E-state index contributed by atoms with van der Waals surface area (Å²) in [7, 11) is -13.5. The minimum absolute atomic E-state index is 0.0233. The van der Waals surface area contributed by atoms with Crippen LogP contribution in [0, 0.1) is 0 Å². The zero-order chi connectivity index (χ0) is 28.5. The average molecular weight is 609 g/mol. The molecule has 0 amide bonds. The summed E-state index contributed by atoms with van der Waals surface area (Å²) in [4.78, 5) is -1.36. The molecule has 204 valence electrons. The summed E-state index contributed by atoms with van der Waals surface area (Å²) >= 11 is 0.483. The smallest absolute Gasteiger partial charge is 0.298 e. The van der Waals surface area contributed by atoms with E-state index >= 15 is 0 Å². The minimum Gasteiger partial charge on any atom is -0.507 e. The van der Waals surface area contributed by atoms with Crippen molar-refractivity contribution in [1.29, 1.82) is 0 Å². The second kappa shape index (κ2) is 11.0. The summed E-state index contributed by atoms with van der Waals surface area (Å²) < 4.78 is 98.0. The molecule has 0 aliphatic carbocycles. The molecule has 0 aliphatic heterocycles. The lowest BCUT2D eigenvalue weighted by Crippen LogP contribution is -2.02. The SMILES string of the molecule is O=S(=O)(O)c1cc2cc(SOOO)c(O)cc2cc1O.O=S(=O)(O)c1cccc2c(S(=O)(=O)O)cccc12. The molecule has 0 aliphatic rings. The van der Waals surface area contributed by atoms with Gasteiger partial charge in [0.1, 0.15) is 26.2 Å². The van der Waals surface area contributed by atoms with Gasteiger partial charge in [-0.2, -0.15) is 25.3 Å². The molecule has 4 rings (SSSR count). The molecule has 0 spiro atoms. The zero-order valence-corrected chi connectivity index (χ0v) is 21.6. The lowest BCUT2D eigenvalue weighted by atomic mass is 10.1. The maximum Gasteiger partial charge on any atom is 0.298 e. The second-order valence-corrected chi connectivity index (χ2v) is 12.2. The van der Waals surface area contributed by atoms with Crippen LogP contribution in [-0.4, -0.2) is 54.4 Å². The van der Waals surface area contributed by atoms with Crippen molar-refractivity contribution in [3.8, 4) is 11.5 Å². The van der Waals surface area contributed by atoms with Crippen molar-refractivity contribution < 1.29 is 63.8 Å². The van der Waals surface area contributed by atoms with E-state index in [2.05, 4.69) is 9.37 Å². The highest BCUT2D eigenvalue weighted by molar-refractivity contribution is 7.94. The van der Waals surface area contributed by atoms with Crippen LogP contribution in [0.25, 0.3) is 21.5 Å². The molecule has 0 bridgehead atoms. The monoisotopic (exact) mass is 608 g/mol. The summed E-state index contributed by atoms with van der Waals surface area (Å²) in [6.07, 6.45) is 0. The van der Waals surface area contributed by atoms with Gasteiger partial charge in [0, 0.05) is 10.8 Å². The van der Waals surface area contributed by atoms with E-state index in [1.54, 1.807) is 0 Å². The molecule has 0 radical (unpaired) electrons. The van der Waals surface area contributed by atoms with Crippen molar-refractivity contribution in [2.24, 2.45) is 0 Å². The molecule has 0 atom stereocenters. The van der Waals surface area contributed by atoms with Crippen LogP contribution < -0.4 is 0 Å². The predicted octanol–water partition coefficient (Wildman–Crippen LogP) is 3.26. The molecule has 0 saturated carbocycles. The highest BCUT2D eigenvalue weighted by atomic mass is 32.2. The van der Waals surface area contributed by atoms with Crippen LogP contribution in [0.2, 0.25) is 0 Å². The Morgan fingerprint density at radius 2 is 1.05 bits per heavy atom. The van der Waals surface area contributed by atoms with Crippen LogP contribution in [0.1, 0.15) is 0 Å². The van der Waals surface area contributed by atoms with Crippen LogP contribution in [0.15, 0.2) is 80.2 Å². The molecule has 4 aromatic carbocycles. The molecule has 6 N–H and O–H groups in total. The third-order valence-electron chi connectivity index (χ3n) is 4.83. The summed E-state index contributed by atoms with van der Waals surface area (Å²) in [6.45, 7) is 0. The van der Waals surface area contributed by atoms with E-state index in [-0.39, 0.29) is 21.4 Å². The average Bonchev–Trinajstić information content (AvgIpc) is 2.80. The Morgan fingerprint density at radius 1 is 0.605 bits per heavy atom. The van der Waals surface area contributed by atoms with E-state index in [1.165, 1.54) is 36.4 Å². The van der Waals surface area contributed by atoms with Gasteiger partial charge >= 0.3 is 0 Å². The Bertz CT molecular complexity index is 1780. The number of fused-ring (bicyclic) bond motifs is 2. The van der Waals surface area contributed by atoms with E-state index in [0.29, 0.717) is 22.8 Å². The van der Waals surface area contributed by atoms with Gasteiger partial charge in [-0.1, -0.05) is 29.3 Å². The third kappa shape index (κ3) is 6.69. The van der Waals surface area contributed by atoms with Gasteiger partial charge in [-0.25, -0.2) is 5.26 Å². The van der Waals surface area contributed by atoms with Crippen molar-refractivity contribution >= 4 is 63.9 Å². The number of hydrogen-bond acceptors (Lipinski definition) is 12. The Kier molecular flexibility index (Phi) is 8.53. The Hall–Kier alpha value is -3.04. The van der Waals surface area contributed by atoms with E-state index < -0.39 is 50.8 Å². The van der Waals surface area contributed by atoms with Gasteiger partial charge in [0.05, 0.1) is 16.9 Å². The standard InChI is InChI=1S/C10H8O8S2.C10H8O6S2/c11-7-1-5-2-8(12)10(20(14,15)16)4-6(5)3-9(7)19-18-17-13;11-17(12,13)9-5-1-3-7-8(9)4-2-6-10(7)18(14,15)16/h1-4,11-13H,(H,14,15,16);1-6H,(H,11,12,13)(H,14,15,16). The summed E-state index contributed by atoms with van der Waals surface area (Å²) in [6, 6.07) is 12.2. The van der Waals surface area contributed by atoms with Crippen LogP contribution in [-0.2, 0) is 39.7 Å². The molecule has 14 nitrogen and oxygen atoms in total. The lowest BCUT2D eigenvalue weighted by molar-refractivity contribution is -0.432. The third-order valence-corrected chi connectivity index (χ3v) is 8.17. The molecule has 0 saturated heterocycles. The maximum absolute atomic E-state index is 11.2. The Morgan fingerprint density at radius 3 is 1.50 bits per heavy atom. The van der Waals surface area contributed by atoms with Crippen LogP contribution >= 0.6 is 12.0 Å². The van der Waals surface area contributed by atoms with E-state index in [1.807, 2.05) is 0 Å². The van der Waals surface area contributed by atoms with Crippen molar-refractivity contribution in [2.45, 2.75) is 19.6 Å². The van der Waals surface area contributed by atoms with Crippen molar-refractivity contribution in [3.05, 3.63) is 60.7 Å². The lowest BCUT2D eigenvalue weighted by Gasteiger charge is -2.07. The fourth-order valence-electron chi connectivity index (χ4n) is 3.31. The zero-order valence-electron chi connectivity index (χ0n) is 18.4. The first-order valence-corrected chi connectivity index (χ1v) is 14.7. The number of phenolic OH excluding ortho intramolecular Hbond substituents is 2. The molecule has 0 aromatic heterocycles.